The Morgan fingerprint density at radius 1 is 1.10 bits per heavy atom. The molecule has 31 heavy (non-hydrogen) atoms. The van der Waals surface area contributed by atoms with Gasteiger partial charge in [-0.3, -0.25) is 4.79 Å². The van der Waals surface area contributed by atoms with Gasteiger partial charge < -0.3 is 19.9 Å². The summed E-state index contributed by atoms with van der Waals surface area (Å²) in [5, 5.41) is 4.19. The van der Waals surface area contributed by atoms with E-state index >= 15 is 0 Å². The van der Waals surface area contributed by atoms with Crippen LogP contribution in [0, 0.1) is 5.92 Å². The Morgan fingerprint density at radius 2 is 1.87 bits per heavy atom. The van der Waals surface area contributed by atoms with Crippen LogP contribution in [0.4, 0.5) is 5.69 Å². The van der Waals surface area contributed by atoms with Crippen molar-refractivity contribution in [1.29, 1.82) is 0 Å². The lowest BCUT2D eigenvalue weighted by atomic mass is 9.93. The minimum absolute atomic E-state index is 0.0563. The number of carbonyl (C=O) groups is 1. The number of ether oxygens (including phenoxy) is 1. The van der Waals surface area contributed by atoms with Crippen molar-refractivity contribution >= 4 is 32.5 Å². The maximum Gasteiger partial charge on any atom is 0.270 e. The van der Waals surface area contributed by atoms with E-state index in [2.05, 4.69) is 15.0 Å². The number of carbonyl (C=O) groups excluding carboxylic acids is 1. The molecule has 3 N–H and O–H groups in total. The van der Waals surface area contributed by atoms with Crippen LogP contribution in [-0.2, 0) is 10.0 Å². The Bertz CT molecular complexity index is 1250. The van der Waals surface area contributed by atoms with Gasteiger partial charge in [-0.25, -0.2) is 8.42 Å². The SMILES string of the molecule is COc1cccc2[nH]c(C(=O)N3CCC(C4Nc5ccccc5S(=O)(=O)N4)CC3)cc12. The van der Waals surface area contributed by atoms with Crippen molar-refractivity contribution in [3.8, 4) is 5.75 Å². The molecular weight excluding hydrogens is 416 g/mol. The molecule has 1 unspecified atom stereocenters. The van der Waals surface area contributed by atoms with Crippen molar-refractivity contribution in [1.82, 2.24) is 14.6 Å². The van der Waals surface area contributed by atoms with Crippen LogP contribution in [0.1, 0.15) is 23.3 Å². The first-order chi connectivity index (χ1) is 15.0. The number of anilines is 1. The summed E-state index contributed by atoms with van der Waals surface area (Å²) in [6, 6.07) is 14.4. The lowest BCUT2D eigenvalue weighted by Gasteiger charge is -2.38. The van der Waals surface area contributed by atoms with E-state index in [0.29, 0.717) is 37.3 Å². The number of nitrogens with one attached hydrogen (secondary N) is 3. The maximum absolute atomic E-state index is 13.0. The van der Waals surface area contributed by atoms with Crippen LogP contribution in [0.3, 0.4) is 0 Å². The number of H-pyrrole nitrogens is 1. The van der Waals surface area contributed by atoms with Crippen LogP contribution in [0.25, 0.3) is 10.9 Å². The monoisotopic (exact) mass is 440 g/mol. The molecule has 162 valence electrons. The highest BCUT2D eigenvalue weighted by atomic mass is 32.2. The summed E-state index contributed by atoms with van der Waals surface area (Å²) in [5.74, 6) is 0.761. The van der Waals surface area contributed by atoms with Gasteiger partial charge in [0.15, 0.2) is 0 Å². The Morgan fingerprint density at radius 3 is 2.65 bits per heavy atom. The van der Waals surface area contributed by atoms with Gasteiger partial charge in [0.05, 0.1) is 19.0 Å². The third-order valence-corrected chi connectivity index (χ3v) is 7.64. The van der Waals surface area contributed by atoms with Crippen molar-refractivity contribution < 1.29 is 17.9 Å². The van der Waals surface area contributed by atoms with Crippen molar-refractivity contribution in [2.45, 2.75) is 23.9 Å². The summed E-state index contributed by atoms with van der Waals surface area (Å²) in [6.07, 6.45) is 1.03. The fourth-order valence-electron chi connectivity index (χ4n) is 4.49. The summed E-state index contributed by atoms with van der Waals surface area (Å²) in [6.45, 7) is 1.13. The molecule has 2 aromatic carbocycles. The highest BCUT2D eigenvalue weighted by molar-refractivity contribution is 7.89. The van der Waals surface area contributed by atoms with Crippen LogP contribution < -0.4 is 14.8 Å². The van der Waals surface area contributed by atoms with E-state index in [1.165, 1.54) is 0 Å². The normalized spacial score (nSPS) is 20.8. The second-order valence-electron chi connectivity index (χ2n) is 7.97. The zero-order valence-electron chi connectivity index (χ0n) is 17.1. The van der Waals surface area contributed by atoms with E-state index in [4.69, 9.17) is 4.74 Å². The number of hydrogen-bond donors (Lipinski definition) is 3. The van der Waals surface area contributed by atoms with Gasteiger partial charge in [-0.05, 0) is 49.1 Å². The maximum atomic E-state index is 13.0. The molecule has 1 atom stereocenters. The van der Waals surface area contributed by atoms with E-state index in [1.54, 1.807) is 25.3 Å². The van der Waals surface area contributed by atoms with Gasteiger partial charge in [-0.15, -0.1) is 0 Å². The predicted molar refractivity (Wildman–Crippen MR) is 118 cm³/mol. The van der Waals surface area contributed by atoms with Gasteiger partial charge in [-0.1, -0.05) is 18.2 Å². The van der Waals surface area contributed by atoms with Crippen LogP contribution in [0.2, 0.25) is 0 Å². The number of nitrogens with zero attached hydrogens (tertiary/aromatic N) is 1. The zero-order valence-corrected chi connectivity index (χ0v) is 17.9. The van der Waals surface area contributed by atoms with Crippen molar-refractivity contribution in [3.63, 3.8) is 0 Å². The number of piperidine rings is 1. The second-order valence-corrected chi connectivity index (χ2v) is 9.66. The Kier molecular flexibility index (Phi) is 4.86. The number of para-hydroxylation sites is 1. The van der Waals surface area contributed by atoms with Gasteiger partial charge >= 0.3 is 0 Å². The molecule has 2 aliphatic heterocycles. The summed E-state index contributed by atoms with van der Waals surface area (Å²) >= 11 is 0. The van der Waals surface area contributed by atoms with Gasteiger partial charge in [0, 0.05) is 24.0 Å². The fraction of sp³-hybridized carbons (Fsp3) is 0.318. The Hall–Kier alpha value is -3.04. The van der Waals surface area contributed by atoms with Gasteiger partial charge in [0.1, 0.15) is 16.3 Å². The second kappa shape index (κ2) is 7.58. The number of fused-ring (bicyclic) bond motifs is 2. The lowest BCUT2D eigenvalue weighted by Crippen LogP contribution is -2.52. The van der Waals surface area contributed by atoms with E-state index in [0.717, 1.165) is 16.7 Å². The van der Waals surface area contributed by atoms with Gasteiger partial charge in [0.25, 0.3) is 5.91 Å². The van der Waals surface area contributed by atoms with E-state index in [-0.39, 0.29) is 22.9 Å². The third kappa shape index (κ3) is 3.53. The standard InChI is InChI=1S/C22H24N4O4S/c1-30-19-7-4-6-16-15(19)13-18(23-16)22(27)26-11-9-14(10-12-26)21-24-17-5-2-3-8-20(17)31(28,29)25-21/h2-8,13-14,21,23-25H,9-12H2,1H3. The Labute approximate surface area is 180 Å². The van der Waals surface area contributed by atoms with Crippen LogP contribution in [0.15, 0.2) is 53.4 Å². The third-order valence-electron chi connectivity index (χ3n) is 6.14. The molecule has 0 aliphatic carbocycles. The fourth-order valence-corrected chi connectivity index (χ4v) is 5.88. The molecule has 3 heterocycles. The number of amides is 1. The molecule has 0 saturated carbocycles. The van der Waals surface area contributed by atoms with E-state index in [9.17, 15) is 13.2 Å². The average Bonchev–Trinajstić information content (AvgIpc) is 3.23. The first-order valence-corrected chi connectivity index (χ1v) is 11.8. The summed E-state index contributed by atoms with van der Waals surface area (Å²) in [4.78, 5) is 18.3. The number of sulfonamides is 1. The Balaban J connectivity index is 1.28. The topological polar surface area (TPSA) is 104 Å². The summed E-state index contributed by atoms with van der Waals surface area (Å²) in [7, 11) is -1.93. The molecule has 1 aromatic heterocycles. The summed E-state index contributed by atoms with van der Waals surface area (Å²) in [5.41, 5.74) is 2.01. The molecule has 3 aromatic rings. The van der Waals surface area contributed by atoms with Crippen molar-refractivity contribution in [3.05, 3.63) is 54.2 Å². The average molecular weight is 441 g/mol. The number of likely N-dealkylation sites (tertiary alicyclic amines) is 1. The number of aromatic nitrogens is 1. The molecule has 2 aliphatic rings. The highest BCUT2D eigenvalue weighted by Crippen LogP contribution is 2.31. The van der Waals surface area contributed by atoms with Crippen molar-refractivity contribution in [2.75, 3.05) is 25.5 Å². The number of methoxy groups -OCH3 is 1. The first kappa shape index (κ1) is 19.9. The molecule has 0 radical (unpaired) electrons. The largest absolute Gasteiger partial charge is 0.496 e. The summed E-state index contributed by atoms with van der Waals surface area (Å²) < 4.78 is 33.3. The van der Waals surface area contributed by atoms with Crippen molar-refractivity contribution in [2.24, 2.45) is 5.92 Å². The van der Waals surface area contributed by atoms with Gasteiger partial charge in [-0.2, -0.15) is 4.72 Å². The molecule has 0 spiro atoms. The number of rotatable bonds is 3. The number of aromatic amines is 1. The van der Waals surface area contributed by atoms with Crippen LogP contribution in [0.5, 0.6) is 5.75 Å². The predicted octanol–water partition coefficient (Wildman–Crippen LogP) is 2.76. The highest BCUT2D eigenvalue weighted by Gasteiger charge is 2.36. The lowest BCUT2D eigenvalue weighted by molar-refractivity contribution is 0.0674. The molecule has 0 bridgehead atoms. The van der Waals surface area contributed by atoms with Crippen LogP contribution in [-0.4, -0.2) is 50.6 Å². The van der Waals surface area contributed by atoms with E-state index in [1.807, 2.05) is 35.2 Å². The number of benzene rings is 2. The minimum atomic E-state index is -3.54. The zero-order chi connectivity index (χ0) is 21.6. The molecule has 1 saturated heterocycles. The van der Waals surface area contributed by atoms with Crippen LogP contribution >= 0.6 is 0 Å². The first-order valence-electron chi connectivity index (χ1n) is 10.3. The van der Waals surface area contributed by atoms with E-state index < -0.39 is 10.0 Å². The molecular formula is C22H24N4O4S. The molecule has 1 amide bonds. The van der Waals surface area contributed by atoms with Gasteiger partial charge in [0.2, 0.25) is 10.0 Å². The molecule has 9 heteroatoms. The quantitative estimate of drug-likeness (QED) is 0.581. The molecule has 8 nitrogen and oxygen atoms in total. The molecule has 5 rings (SSSR count). The molecule has 1 fully saturated rings. The number of hydrogen-bond acceptors (Lipinski definition) is 5. The minimum Gasteiger partial charge on any atom is -0.496 e. The smallest absolute Gasteiger partial charge is 0.270 e.